The fourth-order valence-electron chi connectivity index (χ4n) is 4.15. The zero-order valence-electron chi connectivity index (χ0n) is 19.2. The third-order valence-corrected chi connectivity index (χ3v) is 5.99. The molecule has 1 aliphatic carbocycles. The van der Waals surface area contributed by atoms with Gasteiger partial charge in [-0.3, -0.25) is 9.59 Å². The van der Waals surface area contributed by atoms with Crippen molar-refractivity contribution in [2.75, 3.05) is 19.7 Å². The maximum Gasteiger partial charge on any atom is 0.276 e. The number of rotatable bonds is 10. The zero-order chi connectivity index (χ0) is 24.0. The molecule has 1 atom stereocenters. The average molecular weight is 475 g/mol. The van der Waals surface area contributed by atoms with Crippen molar-refractivity contribution < 1.29 is 18.8 Å². The lowest BCUT2D eigenvalue weighted by Crippen LogP contribution is -2.28. The number of azo groups is 1. The molecule has 10 heteroatoms. The van der Waals surface area contributed by atoms with Crippen LogP contribution < -0.4 is 15.4 Å². The number of amides is 2. The Morgan fingerprint density at radius 2 is 2.09 bits per heavy atom. The van der Waals surface area contributed by atoms with Gasteiger partial charge in [0.2, 0.25) is 17.6 Å². The SMILES string of the molecule is O=C(CCCc1nc(-c2ccc3c(c2)CCO3)no1)NCCCNC1=C2C=CC=CC2C(=O)N=N1. The average Bonchev–Trinajstić information content (AvgIpc) is 3.54. The first-order valence-corrected chi connectivity index (χ1v) is 11.8. The summed E-state index contributed by atoms with van der Waals surface area (Å²) in [4.78, 5) is 28.4. The summed E-state index contributed by atoms with van der Waals surface area (Å²) in [5.74, 6) is 1.96. The molecule has 0 fully saturated rings. The molecule has 1 aromatic heterocycles. The normalized spacial score (nSPS) is 17.8. The molecule has 10 nitrogen and oxygen atoms in total. The van der Waals surface area contributed by atoms with E-state index in [2.05, 4.69) is 31.0 Å². The number of aryl methyl sites for hydroxylation is 1. The van der Waals surface area contributed by atoms with E-state index in [1.807, 2.05) is 42.5 Å². The standard InChI is InChI=1S/C25H26N6O4/c32-21(26-12-4-13-27-24-18-5-1-2-6-19(18)25(33)30-29-24)7-3-8-22-28-23(31-35-22)17-9-10-20-16(15-17)11-14-34-20/h1-2,5-6,9-10,15,19,27H,3-4,7-8,11-14H2,(H,26,32). The van der Waals surface area contributed by atoms with Crippen molar-refractivity contribution in [1.82, 2.24) is 20.8 Å². The van der Waals surface area contributed by atoms with Gasteiger partial charge in [-0.1, -0.05) is 29.5 Å². The van der Waals surface area contributed by atoms with Gasteiger partial charge in [0.1, 0.15) is 5.75 Å². The van der Waals surface area contributed by atoms with Crippen LogP contribution in [0, 0.1) is 5.92 Å². The van der Waals surface area contributed by atoms with Crippen molar-refractivity contribution in [3.8, 4) is 17.1 Å². The van der Waals surface area contributed by atoms with Crippen LogP contribution in [-0.2, 0) is 22.4 Å². The van der Waals surface area contributed by atoms with Crippen LogP contribution in [0.4, 0.5) is 0 Å². The first-order valence-electron chi connectivity index (χ1n) is 11.8. The Kier molecular flexibility index (Phi) is 6.78. The number of benzene rings is 1. The Morgan fingerprint density at radius 3 is 3.03 bits per heavy atom. The molecule has 0 saturated carbocycles. The highest BCUT2D eigenvalue weighted by atomic mass is 16.5. The van der Waals surface area contributed by atoms with Gasteiger partial charge in [-0.25, -0.2) is 0 Å². The summed E-state index contributed by atoms with van der Waals surface area (Å²) in [6, 6.07) is 5.90. The molecule has 2 aliphatic heterocycles. The topological polar surface area (TPSA) is 131 Å². The van der Waals surface area contributed by atoms with Crippen LogP contribution in [-0.4, -0.2) is 41.7 Å². The Morgan fingerprint density at radius 1 is 1.14 bits per heavy atom. The van der Waals surface area contributed by atoms with Crippen LogP contribution in [0.2, 0.25) is 0 Å². The number of aromatic nitrogens is 2. The number of ether oxygens (including phenoxy) is 1. The van der Waals surface area contributed by atoms with Crippen molar-refractivity contribution in [1.29, 1.82) is 0 Å². The van der Waals surface area contributed by atoms with Gasteiger partial charge in [0, 0.05) is 43.5 Å². The predicted octanol–water partition coefficient (Wildman–Crippen LogP) is 3.04. The van der Waals surface area contributed by atoms with E-state index in [0.717, 1.165) is 35.3 Å². The summed E-state index contributed by atoms with van der Waals surface area (Å²) in [5.41, 5.74) is 2.88. The Bertz CT molecular complexity index is 1240. The number of nitrogens with zero attached hydrogens (tertiary/aromatic N) is 4. The molecular weight excluding hydrogens is 448 g/mol. The number of hydrogen-bond donors (Lipinski definition) is 2. The van der Waals surface area contributed by atoms with E-state index >= 15 is 0 Å². The van der Waals surface area contributed by atoms with Crippen molar-refractivity contribution in [3.05, 3.63) is 65.4 Å². The second-order valence-corrected chi connectivity index (χ2v) is 8.48. The van der Waals surface area contributed by atoms with E-state index in [4.69, 9.17) is 9.26 Å². The highest BCUT2D eigenvalue weighted by Crippen LogP contribution is 2.29. The number of carbonyl (C=O) groups excluding carboxylic acids is 2. The smallest absolute Gasteiger partial charge is 0.276 e. The molecule has 0 bridgehead atoms. The lowest BCUT2D eigenvalue weighted by atomic mass is 9.93. The number of hydrogen-bond acceptors (Lipinski definition) is 8. The van der Waals surface area contributed by atoms with Crippen LogP contribution in [0.1, 0.15) is 30.7 Å². The van der Waals surface area contributed by atoms with Gasteiger partial charge in [-0.05, 0) is 36.6 Å². The third-order valence-electron chi connectivity index (χ3n) is 5.99. The van der Waals surface area contributed by atoms with Gasteiger partial charge >= 0.3 is 0 Å². The van der Waals surface area contributed by atoms with E-state index in [-0.39, 0.29) is 17.7 Å². The van der Waals surface area contributed by atoms with E-state index in [9.17, 15) is 9.59 Å². The minimum absolute atomic E-state index is 0.0197. The second-order valence-electron chi connectivity index (χ2n) is 8.48. The zero-order valence-corrected chi connectivity index (χ0v) is 19.2. The maximum absolute atomic E-state index is 12.2. The van der Waals surface area contributed by atoms with Gasteiger partial charge < -0.3 is 19.9 Å². The molecule has 2 amide bonds. The predicted molar refractivity (Wildman–Crippen MR) is 126 cm³/mol. The molecule has 3 heterocycles. The highest BCUT2D eigenvalue weighted by molar-refractivity contribution is 5.86. The summed E-state index contributed by atoms with van der Waals surface area (Å²) < 4.78 is 10.9. The molecule has 1 unspecified atom stereocenters. The molecule has 0 radical (unpaired) electrons. The Hall–Kier alpha value is -4.08. The summed E-state index contributed by atoms with van der Waals surface area (Å²) in [7, 11) is 0. The lowest BCUT2D eigenvalue weighted by Gasteiger charge is -2.20. The van der Waals surface area contributed by atoms with Crippen LogP contribution in [0.3, 0.4) is 0 Å². The van der Waals surface area contributed by atoms with E-state index in [0.29, 0.717) is 56.5 Å². The molecule has 5 rings (SSSR count). The number of carbonyl (C=O) groups is 2. The van der Waals surface area contributed by atoms with Crippen molar-refractivity contribution >= 4 is 11.8 Å². The molecule has 2 aromatic rings. The van der Waals surface area contributed by atoms with Crippen molar-refractivity contribution in [2.24, 2.45) is 16.1 Å². The monoisotopic (exact) mass is 474 g/mol. The first-order chi connectivity index (χ1) is 17.2. The van der Waals surface area contributed by atoms with E-state index in [1.54, 1.807) is 0 Å². The largest absolute Gasteiger partial charge is 0.493 e. The Labute approximate surface area is 202 Å². The maximum atomic E-state index is 12.2. The summed E-state index contributed by atoms with van der Waals surface area (Å²) in [6.07, 6.45) is 10.5. The van der Waals surface area contributed by atoms with Crippen LogP contribution in [0.5, 0.6) is 5.75 Å². The van der Waals surface area contributed by atoms with Crippen LogP contribution in [0.25, 0.3) is 11.4 Å². The fraction of sp³-hybridized carbons (Fsp3) is 0.360. The van der Waals surface area contributed by atoms with Gasteiger partial charge in [-0.2, -0.15) is 4.98 Å². The molecule has 0 spiro atoms. The lowest BCUT2D eigenvalue weighted by molar-refractivity contribution is -0.121. The van der Waals surface area contributed by atoms with Gasteiger partial charge in [-0.15, -0.1) is 10.2 Å². The number of fused-ring (bicyclic) bond motifs is 2. The molecular formula is C25H26N6O4. The van der Waals surface area contributed by atoms with E-state index < -0.39 is 0 Å². The molecule has 180 valence electrons. The van der Waals surface area contributed by atoms with Crippen molar-refractivity contribution in [2.45, 2.75) is 32.1 Å². The van der Waals surface area contributed by atoms with Gasteiger partial charge in [0.25, 0.3) is 5.91 Å². The third kappa shape index (κ3) is 5.37. The highest BCUT2D eigenvalue weighted by Gasteiger charge is 2.27. The minimum Gasteiger partial charge on any atom is -0.493 e. The quantitative estimate of drug-likeness (QED) is 0.506. The minimum atomic E-state index is -0.363. The van der Waals surface area contributed by atoms with Crippen LogP contribution >= 0.6 is 0 Å². The Balaban J connectivity index is 0.996. The number of allylic oxidation sites excluding steroid dienone is 3. The van der Waals surface area contributed by atoms with Gasteiger partial charge in [0.15, 0.2) is 5.82 Å². The van der Waals surface area contributed by atoms with Gasteiger partial charge in [0.05, 0.1) is 12.5 Å². The summed E-state index contributed by atoms with van der Waals surface area (Å²) in [5, 5.41) is 17.9. The fourth-order valence-corrected chi connectivity index (χ4v) is 4.15. The molecule has 2 N–H and O–H groups in total. The summed E-state index contributed by atoms with van der Waals surface area (Å²) >= 11 is 0. The van der Waals surface area contributed by atoms with E-state index in [1.165, 1.54) is 0 Å². The number of nitrogens with one attached hydrogen (secondary N) is 2. The molecule has 1 aromatic carbocycles. The first kappa shape index (κ1) is 22.7. The van der Waals surface area contributed by atoms with Crippen molar-refractivity contribution in [3.63, 3.8) is 0 Å². The summed E-state index contributed by atoms with van der Waals surface area (Å²) in [6.45, 7) is 1.85. The van der Waals surface area contributed by atoms with Crippen LogP contribution in [0.15, 0.2) is 68.6 Å². The molecule has 35 heavy (non-hydrogen) atoms. The molecule has 0 saturated heterocycles. The molecule has 3 aliphatic rings. The second kappa shape index (κ2) is 10.5.